The molecule has 3 nitrogen and oxygen atoms in total. The molecule has 0 atom stereocenters. The summed E-state index contributed by atoms with van der Waals surface area (Å²) in [7, 11) is 0. The standard InChI is InChI=1S/C12H25NO2/c1-5-14-11(15-6-2)9-13-12(3,4)10-7-8-10/h10-11,13H,5-9H2,1-4H3. The van der Waals surface area contributed by atoms with Gasteiger partial charge in [-0.2, -0.15) is 0 Å². The highest BCUT2D eigenvalue weighted by Gasteiger charge is 2.37. The van der Waals surface area contributed by atoms with Gasteiger partial charge in [0.25, 0.3) is 0 Å². The summed E-state index contributed by atoms with van der Waals surface area (Å²) in [5.41, 5.74) is 0.229. The molecule has 0 heterocycles. The third-order valence-electron chi connectivity index (χ3n) is 3.03. The van der Waals surface area contributed by atoms with E-state index in [-0.39, 0.29) is 11.8 Å². The zero-order valence-corrected chi connectivity index (χ0v) is 10.5. The Hall–Kier alpha value is -0.120. The average Bonchev–Trinajstić information content (AvgIpc) is 2.98. The zero-order valence-electron chi connectivity index (χ0n) is 10.5. The maximum absolute atomic E-state index is 5.49. The molecule has 90 valence electrons. The number of rotatable bonds is 8. The summed E-state index contributed by atoms with van der Waals surface area (Å²) in [5.74, 6) is 0.835. The minimum atomic E-state index is -0.0991. The van der Waals surface area contributed by atoms with Crippen molar-refractivity contribution in [3.8, 4) is 0 Å². The van der Waals surface area contributed by atoms with Crippen molar-refractivity contribution in [1.82, 2.24) is 5.32 Å². The van der Waals surface area contributed by atoms with Crippen LogP contribution in [0, 0.1) is 5.92 Å². The van der Waals surface area contributed by atoms with Crippen molar-refractivity contribution < 1.29 is 9.47 Å². The van der Waals surface area contributed by atoms with Crippen LogP contribution in [-0.2, 0) is 9.47 Å². The van der Waals surface area contributed by atoms with Crippen LogP contribution in [0.4, 0.5) is 0 Å². The Bertz CT molecular complexity index is 172. The van der Waals surface area contributed by atoms with Crippen molar-refractivity contribution in [3.63, 3.8) is 0 Å². The minimum absolute atomic E-state index is 0.0991. The Kier molecular flexibility index (Phi) is 5.03. The molecule has 1 rings (SSSR count). The van der Waals surface area contributed by atoms with E-state index in [0.29, 0.717) is 13.2 Å². The molecule has 1 aliphatic rings. The second kappa shape index (κ2) is 5.83. The van der Waals surface area contributed by atoms with Gasteiger partial charge in [-0.15, -0.1) is 0 Å². The lowest BCUT2D eigenvalue weighted by molar-refractivity contribution is -0.135. The second-order valence-corrected chi connectivity index (χ2v) is 4.72. The van der Waals surface area contributed by atoms with E-state index in [1.807, 2.05) is 13.8 Å². The van der Waals surface area contributed by atoms with Crippen LogP contribution in [0.25, 0.3) is 0 Å². The molecule has 0 radical (unpaired) electrons. The van der Waals surface area contributed by atoms with E-state index in [2.05, 4.69) is 19.2 Å². The summed E-state index contributed by atoms with van der Waals surface area (Å²) in [6.07, 6.45) is 2.61. The molecule has 15 heavy (non-hydrogen) atoms. The van der Waals surface area contributed by atoms with Crippen LogP contribution in [-0.4, -0.2) is 31.6 Å². The van der Waals surface area contributed by atoms with Crippen LogP contribution in [0.2, 0.25) is 0 Å². The van der Waals surface area contributed by atoms with Crippen LogP contribution >= 0.6 is 0 Å². The van der Waals surface area contributed by atoms with E-state index in [4.69, 9.17) is 9.47 Å². The SMILES string of the molecule is CCOC(CNC(C)(C)C1CC1)OCC. The highest BCUT2D eigenvalue weighted by atomic mass is 16.7. The number of hydrogen-bond acceptors (Lipinski definition) is 3. The summed E-state index contributed by atoms with van der Waals surface area (Å²) >= 11 is 0. The van der Waals surface area contributed by atoms with Gasteiger partial charge in [0, 0.05) is 25.3 Å². The molecule has 0 saturated heterocycles. The first-order valence-corrected chi connectivity index (χ1v) is 6.08. The van der Waals surface area contributed by atoms with Gasteiger partial charge in [0.1, 0.15) is 0 Å². The molecule has 0 amide bonds. The normalized spacial score (nSPS) is 17.4. The lowest BCUT2D eigenvalue weighted by atomic mass is 9.99. The minimum Gasteiger partial charge on any atom is -0.352 e. The lowest BCUT2D eigenvalue weighted by Gasteiger charge is -2.29. The summed E-state index contributed by atoms with van der Waals surface area (Å²) in [6, 6.07) is 0. The summed E-state index contributed by atoms with van der Waals surface area (Å²) in [4.78, 5) is 0. The third kappa shape index (κ3) is 4.49. The number of nitrogens with one attached hydrogen (secondary N) is 1. The van der Waals surface area contributed by atoms with Gasteiger partial charge in [0.05, 0.1) is 0 Å². The molecule has 0 aromatic heterocycles. The summed E-state index contributed by atoms with van der Waals surface area (Å²) in [5, 5.41) is 3.54. The van der Waals surface area contributed by atoms with Crippen molar-refractivity contribution in [2.45, 2.75) is 52.4 Å². The van der Waals surface area contributed by atoms with Crippen LogP contribution < -0.4 is 5.32 Å². The van der Waals surface area contributed by atoms with Crippen molar-refractivity contribution in [2.24, 2.45) is 5.92 Å². The van der Waals surface area contributed by atoms with Crippen molar-refractivity contribution >= 4 is 0 Å². The Morgan fingerprint density at radius 1 is 1.20 bits per heavy atom. The Labute approximate surface area is 93.5 Å². The molecular formula is C12H25NO2. The molecule has 1 N–H and O–H groups in total. The molecule has 3 heteroatoms. The largest absolute Gasteiger partial charge is 0.352 e. The quantitative estimate of drug-likeness (QED) is 0.629. The number of ether oxygens (including phenoxy) is 2. The third-order valence-corrected chi connectivity index (χ3v) is 3.03. The molecule has 0 aliphatic heterocycles. The summed E-state index contributed by atoms with van der Waals surface area (Å²) < 4.78 is 11.0. The molecule has 0 aromatic carbocycles. The first-order chi connectivity index (χ1) is 7.10. The van der Waals surface area contributed by atoms with Crippen molar-refractivity contribution in [3.05, 3.63) is 0 Å². The monoisotopic (exact) mass is 215 g/mol. The Morgan fingerprint density at radius 3 is 2.13 bits per heavy atom. The molecule has 1 aliphatic carbocycles. The predicted octanol–water partition coefficient (Wildman–Crippen LogP) is 2.16. The molecule has 1 saturated carbocycles. The first-order valence-electron chi connectivity index (χ1n) is 6.08. The fourth-order valence-electron chi connectivity index (χ4n) is 1.83. The fourth-order valence-corrected chi connectivity index (χ4v) is 1.83. The molecule has 0 bridgehead atoms. The highest BCUT2D eigenvalue weighted by molar-refractivity contribution is 4.94. The van der Waals surface area contributed by atoms with Crippen molar-refractivity contribution in [1.29, 1.82) is 0 Å². The highest BCUT2D eigenvalue weighted by Crippen LogP contribution is 2.39. The second-order valence-electron chi connectivity index (χ2n) is 4.72. The van der Waals surface area contributed by atoms with E-state index < -0.39 is 0 Å². The smallest absolute Gasteiger partial charge is 0.169 e. The van der Waals surface area contributed by atoms with E-state index in [9.17, 15) is 0 Å². The van der Waals surface area contributed by atoms with Crippen molar-refractivity contribution in [2.75, 3.05) is 19.8 Å². The predicted molar refractivity (Wildman–Crippen MR) is 61.8 cm³/mol. The molecule has 1 fully saturated rings. The summed E-state index contributed by atoms with van der Waals surface area (Å²) in [6.45, 7) is 10.7. The maximum atomic E-state index is 5.49. The average molecular weight is 215 g/mol. The van der Waals surface area contributed by atoms with E-state index in [0.717, 1.165) is 12.5 Å². The molecular weight excluding hydrogens is 190 g/mol. The topological polar surface area (TPSA) is 30.5 Å². The number of hydrogen-bond donors (Lipinski definition) is 1. The van der Waals surface area contributed by atoms with Gasteiger partial charge >= 0.3 is 0 Å². The van der Waals surface area contributed by atoms with Crippen LogP contribution in [0.5, 0.6) is 0 Å². The molecule has 0 spiro atoms. The Balaban J connectivity index is 2.24. The van der Waals surface area contributed by atoms with Gasteiger partial charge in [-0.25, -0.2) is 0 Å². The fraction of sp³-hybridized carbons (Fsp3) is 1.00. The maximum Gasteiger partial charge on any atom is 0.169 e. The van der Waals surface area contributed by atoms with E-state index >= 15 is 0 Å². The van der Waals surface area contributed by atoms with Gasteiger partial charge in [0.2, 0.25) is 0 Å². The zero-order chi connectivity index (χ0) is 11.3. The van der Waals surface area contributed by atoms with Gasteiger partial charge in [0.15, 0.2) is 6.29 Å². The van der Waals surface area contributed by atoms with Crippen LogP contribution in [0.1, 0.15) is 40.5 Å². The molecule has 0 unspecified atom stereocenters. The van der Waals surface area contributed by atoms with Crippen LogP contribution in [0.15, 0.2) is 0 Å². The van der Waals surface area contributed by atoms with E-state index in [1.54, 1.807) is 0 Å². The Morgan fingerprint density at radius 2 is 1.73 bits per heavy atom. The van der Waals surface area contributed by atoms with E-state index in [1.165, 1.54) is 12.8 Å². The van der Waals surface area contributed by atoms with Crippen LogP contribution in [0.3, 0.4) is 0 Å². The van der Waals surface area contributed by atoms with Gasteiger partial charge in [-0.3, -0.25) is 0 Å². The van der Waals surface area contributed by atoms with Gasteiger partial charge in [-0.1, -0.05) is 0 Å². The van der Waals surface area contributed by atoms with Gasteiger partial charge < -0.3 is 14.8 Å². The van der Waals surface area contributed by atoms with Gasteiger partial charge in [-0.05, 0) is 46.5 Å². The first kappa shape index (κ1) is 12.9. The lowest BCUT2D eigenvalue weighted by Crippen LogP contribution is -2.46. The molecule has 0 aromatic rings.